The second kappa shape index (κ2) is 17.2. The van der Waals surface area contributed by atoms with Crippen molar-refractivity contribution < 1.29 is 10.0 Å². The molecule has 4 heterocycles. The third kappa shape index (κ3) is 10.6. The van der Waals surface area contributed by atoms with E-state index in [0.29, 0.717) is 51.3 Å². The fourth-order valence-electron chi connectivity index (χ4n) is 5.85. The molecular formula is C39H40BN7O2. The van der Waals surface area contributed by atoms with Gasteiger partial charge in [0.25, 0.3) is 0 Å². The summed E-state index contributed by atoms with van der Waals surface area (Å²) in [4.78, 5) is 23.2. The predicted octanol–water partition coefficient (Wildman–Crippen LogP) is 4.96. The number of aromatic nitrogens is 4. The van der Waals surface area contributed by atoms with Crippen molar-refractivity contribution in [1.82, 2.24) is 29.7 Å². The molecule has 246 valence electrons. The molecule has 4 aromatic heterocycles. The summed E-state index contributed by atoms with van der Waals surface area (Å²) < 4.78 is 0. The highest BCUT2D eigenvalue weighted by molar-refractivity contribution is 6.58. The fraction of sp³-hybridized carbons (Fsp3) is 0.179. The van der Waals surface area contributed by atoms with Crippen molar-refractivity contribution in [2.75, 3.05) is 5.32 Å². The maximum absolute atomic E-state index is 9.70. The van der Waals surface area contributed by atoms with Crippen LogP contribution in [0.1, 0.15) is 39.5 Å². The molecule has 0 aliphatic heterocycles. The summed E-state index contributed by atoms with van der Waals surface area (Å²) in [5.74, 6) is 0. The van der Waals surface area contributed by atoms with Crippen molar-refractivity contribution in [3.05, 3.63) is 180 Å². The lowest BCUT2D eigenvalue weighted by atomic mass is 9.79. The molecular weight excluding hydrogens is 609 g/mol. The van der Waals surface area contributed by atoms with Crippen LogP contribution < -0.4 is 10.8 Å². The SMILES string of the molecule is OB(O)c1cccc(CNc2cc(CN(Cc3ccccn3)Cc3ccccn3)cc(CN(Cc3ccccn3)Cc3ccccn3)c2)c1. The summed E-state index contributed by atoms with van der Waals surface area (Å²) in [5, 5.41) is 23.0. The van der Waals surface area contributed by atoms with Gasteiger partial charge in [0.05, 0.1) is 22.8 Å². The molecule has 0 aliphatic carbocycles. The zero-order valence-corrected chi connectivity index (χ0v) is 27.4. The first-order valence-corrected chi connectivity index (χ1v) is 16.4. The molecule has 0 bridgehead atoms. The molecule has 9 nitrogen and oxygen atoms in total. The van der Waals surface area contributed by atoms with Crippen LogP contribution >= 0.6 is 0 Å². The van der Waals surface area contributed by atoms with Gasteiger partial charge in [-0.2, -0.15) is 0 Å². The Morgan fingerprint density at radius 2 is 0.918 bits per heavy atom. The topological polar surface area (TPSA) is 111 Å². The van der Waals surface area contributed by atoms with Gasteiger partial charge in [-0.1, -0.05) is 54.6 Å². The lowest BCUT2D eigenvalue weighted by Crippen LogP contribution is -2.30. The minimum atomic E-state index is -1.51. The van der Waals surface area contributed by atoms with Gasteiger partial charge < -0.3 is 15.4 Å². The molecule has 0 amide bonds. The Hall–Kier alpha value is -5.26. The van der Waals surface area contributed by atoms with Crippen molar-refractivity contribution >= 4 is 18.3 Å². The van der Waals surface area contributed by atoms with E-state index < -0.39 is 7.12 Å². The number of benzene rings is 2. The average Bonchev–Trinajstić information content (AvgIpc) is 3.12. The van der Waals surface area contributed by atoms with Crippen molar-refractivity contribution in [1.29, 1.82) is 0 Å². The maximum Gasteiger partial charge on any atom is 0.488 e. The number of pyridine rings is 4. The molecule has 0 aliphatic rings. The number of nitrogens with zero attached hydrogens (tertiary/aromatic N) is 6. The van der Waals surface area contributed by atoms with Crippen molar-refractivity contribution in [3.63, 3.8) is 0 Å². The van der Waals surface area contributed by atoms with Crippen molar-refractivity contribution in [3.8, 4) is 0 Å². The van der Waals surface area contributed by atoms with E-state index in [-0.39, 0.29) is 0 Å². The van der Waals surface area contributed by atoms with Crippen LogP contribution in [0.2, 0.25) is 0 Å². The summed E-state index contributed by atoms with van der Waals surface area (Å²) in [6, 6.07) is 38.1. The molecule has 3 N–H and O–H groups in total. The van der Waals surface area contributed by atoms with Crippen LogP contribution in [0.3, 0.4) is 0 Å². The Balaban J connectivity index is 1.30. The monoisotopic (exact) mass is 649 g/mol. The second-order valence-corrected chi connectivity index (χ2v) is 12.1. The summed E-state index contributed by atoms with van der Waals surface area (Å²) >= 11 is 0. The molecule has 0 saturated carbocycles. The third-order valence-electron chi connectivity index (χ3n) is 8.06. The number of anilines is 1. The van der Waals surface area contributed by atoms with E-state index in [2.05, 4.69) is 77.5 Å². The molecule has 0 radical (unpaired) electrons. The molecule has 0 saturated heterocycles. The van der Waals surface area contributed by atoms with E-state index in [0.717, 1.165) is 45.2 Å². The Labute approximate surface area is 288 Å². The molecule has 0 unspecified atom stereocenters. The first-order valence-electron chi connectivity index (χ1n) is 16.4. The van der Waals surface area contributed by atoms with Crippen LogP contribution in [-0.4, -0.2) is 46.9 Å². The normalized spacial score (nSPS) is 11.2. The second-order valence-electron chi connectivity index (χ2n) is 12.1. The average molecular weight is 650 g/mol. The Kier molecular flexibility index (Phi) is 11.8. The van der Waals surface area contributed by atoms with Crippen LogP contribution in [0.5, 0.6) is 0 Å². The van der Waals surface area contributed by atoms with Crippen LogP contribution in [0.25, 0.3) is 0 Å². The van der Waals surface area contributed by atoms with Crippen LogP contribution in [0, 0.1) is 0 Å². The number of nitrogens with one attached hydrogen (secondary N) is 1. The minimum absolute atomic E-state index is 0.466. The minimum Gasteiger partial charge on any atom is -0.423 e. The van der Waals surface area contributed by atoms with Gasteiger partial charge in [0, 0.05) is 76.3 Å². The Morgan fingerprint density at radius 3 is 1.31 bits per heavy atom. The van der Waals surface area contributed by atoms with Crippen LogP contribution in [0.15, 0.2) is 140 Å². The zero-order chi connectivity index (χ0) is 33.7. The summed E-state index contributed by atoms with van der Waals surface area (Å²) in [6.07, 6.45) is 7.33. The van der Waals surface area contributed by atoms with E-state index in [1.807, 2.05) is 91.5 Å². The van der Waals surface area contributed by atoms with E-state index in [9.17, 15) is 10.0 Å². The molecule has 10 heteroatoms. The van der Waals surface area contributed by atoms with Gasteiger partial charge in [0.1, 0.15) is 0 Å². The van der Waals surface area contributed by atoms with Gasteiger partial charge >= 0.3 is 7.12 Å². The molecule has 6 aromatic rings. The molecule has 2 aromatic carbocycles. The van der Waals surface area contributed by atoms with Gasteiger partial charge in [-0.3, -0.25) is 29.7 Å². The highest BCUT2D eigenvalue weighted by Crippen LogP contribution is 2.22. The van der Waals surface area contributed by atoms with E-state index in [1.165, 1.54) is 0 Å². The first-order chi connectivity index (χ1) is 24.1. The molecule has 6 rings (SSSR count). The Morgan fingerprint density at radius 1 is 0.469 bits per heavy atom. The highest BCUT2D eigenvalue weighted by atomic mass is 16.4. The maximum atomic E-state index is 9.70. The van der Waals surface area contributed by atoms with Gasteiger partial charge in [0.2, 0.25) is 0 Å². The predicted molar refractivity (Wildman–Crippen MR) is 193 cm³/mol. The lowest BCUT2D eigenvalue weighted by Gasteiger charge is -2.25. The van der Waals surface area contributed by atoms with E-state index >= 15 is 0 Å². The fourth-order valence-corrected chi connectivity index (χ4v) is 5.85. The largest absolute Gasteiger partial charge is 0.488 e. The van der Waals surface area contributed by atoms with Gasteiger partial charge in [-0.15, -0.1) is 0 Å². The quantitative estimate of drug-likeness (QED) is 0.125. The van der Waals surface area contributed by atoms with Crippen LogP contribution in [0.4, 0.5) is 5.69 Å². The molecule has 0 spiro atoms. The van der Waals surface area contributed by atoms with Crippen LogP contribution in [-0.2, 0) is 45.8 Å². The van der Waals surface area contributed by atoms with Gasteiger partial charge in [0.15, 0.2) is 0 Å². The summed E-state index contributed by atoms with van der Waals surface area (Å²) in [7, 11) is -1.51. The van der Waals surface area contributed by atoms with E-state index in [1.54, 1.807) is 6.07 Å². The number of rotatable bonds is 16. The standard InChI is InChI=1S/C39H40BN7O2/c48-40(49)34-11-9-10-31(21-34)24-45-39-22-32(25-46(27-35-12-1-5-16-41-35)28-36-13-2-6-17-42-36)20-33(23-39)26-47(29-37-14-3-7-18-43-37)30-38-15-4-8-19-44-38/h1-23,45,48-49H,24-30H2. The number of hydrogen-bond acceptors (Lipinski definition) is 9. The summed E-state index contributed by atoms with van der Waals surface area (Å²) in [6.45, 7) is 4.59. The molecule has 0 fully saturated rings. The first kappa shape index (κ1) is 33.6. The number of hydrogen-bond donors (Lipinski definition) is 3. The van der Waals surface area contributed by atoms with Gasteiger partial charge in [-0.05, 0) is 82.8 Å². The van der Waals surface area contributed by atoms with Gasteiger partial charge in [-0.25, -0.2) is 0 Å². The van der Waals surface area contributed by atoms with Crippen molar-refractivity contribution in [2.45, 2.75) is 45.8 Å². The Bertz CT molecular complexity index is 1680. The zero-order valence-electron chi connectivity index (χ0n) is 27.4. The third-order valence-corrected chi connectivity index (χ3v) is 8.06. The highest BCUT2D eigenvalue weighted by Gasteiger charge is 2.15. The lowest BCUT2D eigenvalue weighted by molar-refractivity contribution is 0.238. The summed E-state index contributed by atoms with van der Waals surface area (Å²) in [5.41, 5.74) is 8.69. The van der Waals surface area contributed by atoms with E-state index in [4.69, 9.17) is 0 Å². The molecule has 49 heavy (non-hydrogen) atoms. The van der Waals surface area contributed by atoms with Crippen molar-refractivity contribution in [2.24, 2.45) is 0 Å². The smallest absolute Gasteiger partial charge is 0.423 e. The molecule has 0 atom stereocenters.